The van der Waals surface area contributed by atoms with Gasteiger partial charge in [-0.3, -0.25) is 9.13 Å². The standard InChI is InChI=1S/C44H28N4/c1-2-10-34-29(9-1)21-26-37-42(30-17-22-32(23-18-30)47-27-45-38-13-5-7-15-40(38)47)35-11-3-4-12-36(35)43(44(34)37)31-19-24-33(25-20-31)48-28-46-39-14-6-8-16-41(39)48/h1-28H. The smallest absolute Gasteiger partial charge is 0.100 e. The van der Waals surface area contributed by atoms with Gasteiger partial charge in [-0.25, -0.2) is 9.97 Å². The number of para-hydroxylation sites is 4. The van der Waals surface area contributed by atoms with Crippen LogP contribution in [0.4, 0.5) is 0 Å². The van der Waals surface area contributed by atoms with Gasteiger partial charge in [-0.1, -0.05) is 109 Å². The fourth-order valence-electron chi connectivity index (χ4n) is 7.47. The fraction of sp³-hybridized carbons (Fsp3) is 0. The zero-order chi connectivity index (χ0) is 31.6. The summed E-state index contributed by atoms with van der Waals surface area (Å²) >= 11 is 0. The predicted octanol–water partition coefficient (Wildman–Crippen LogP) is 11.2. The van der Waals surface area contributed by atoms with Crippen molar-refractivity contribution in [2.75, 3.05) is 0 Å². The summed E-state index contributed by atoms with van der Waals surface area (Å²) in [5, 5.41) is 7.47. The van der Waals surface area contributed by atoms with Gasteiger partial charge in [0.05, 0.1) is 22.1 Å². The zero-order valence-electron chi connectivity index (χ0n) is 26.0. The third kappa shape index (κ3) is 4.03. The summed E-state index contributed by atoms with van der Waals surface area (Å²) in [5.41, 5.74) is 11.3. The van der Waals surface area contributed by atoms with E-state index in [1.807, 2.05) is 24.8 Å². The van der Waals surface area contributed by atoms with Crippen LogP contribution in [0.5, 0.6) is 0 Å². The van der Waals surface area contributed by atoms with Gasteiger partial charge in [0.2, 0.25) is 0 Å². The van der Waals surface area contributed by atoms with Gasteiger partial charge in [0.25, 0.3) is 0 Å². The molecule has 0 N–H and O–H groups in total. The number of hydrogen-bond donors (Lipinski definition) is 0. The second kappa shape index (κ2) is 10.5. The zero-order valence-corrected chi connectivity index (χ0v) is 26.0. The third-order valence-corrected chi connectivity index (χ3v) is 9.69. The molecule has 48 heavy (non-hydrogen) atoms. The summed E-state index contributed by atoms with van der Waals surface area (Å²) in [6.45, 7) is 0. The molecule has 0 spiro atoms. The first-order chi connectivity index (χ1) is 23.8. The SMILES string of the molecule is c1ccc2c(c1)ccc1c(-c3ccc(-n4cnc5ccccc54)cc3)c3ccccc3c(-c3ccc(-n4cnc5ccccc54)cc3)c12. The Bertz CT molecular complexity index is 2820. The van der Waals surface area contributed by atoms with Crippen LogP contribution in [0.1, 0.15) is 0 Å². The molecule has 224 valence electrons. The minimum atomic E-state index is 0.993. The molecular formula is C44H28N4. The van der Waals surface area contributed by atoms with Gasteiger partial charge >= 0.3 is 0 Å². The van der Waals surface area contributed by atoms with Crippen molar-refractivity contribution in [1.29, 1.82) is 0 Å². The average molecular weight is 613 g/mol. The van der Waals surface area contributed by atoms with Crippen LogP contribution in [0.15, 0.2) is 170 Å². The highest BCUT2D eigenvalue weighted by molar-refractivity contribution is 6.27. The predicted molar refractivity (Wildman–Crippen MR) is 199 cm³/mol. The molecule has 2 aromatic heterocycles. The largest absolute Gasteiger partial charge is 0.299 e. The lowest BCUT2D eigenvalue weighted by atomic mass is 9.84. The van der Waals surface area contributed by atoms with Gasteiger partial charge in [0.15, 0.2) is 0 Å². The lowest BCUT2D eigenvalue weighted by molar-refractivity contribution is 1.09. The molecule has 0 amide bonds. The fourth-order valence-corrected chi connectivity index (χ4v) is 7.47. The van der Waals surface area contributed by atoms with Crippen LogP contribution in [-0.4, -0.2) is 19.1 Å². The molecule has 0 saturated carbocycles. The van der Waals surface area contributed by atoms with E-state index in [1.54, 1.807) is 0 Å². The number of hydrogen-bond acceptors (Lipinski definition) is 2. The van der Waals surface area contributed by atoms with E-state index in [0.717, 1.165) is 33.4 Å². The van der Waals surface area contributed by atoms with Gasteiger partial charge in [0, 0.05) is 11.4 Å². The Hall–Kier alpha value is -6.52. The van der Waals surface area contributed by atoms with E-state index in [4.69, 9.17) is 0 Å². The monoisotopic (exact) mass is 612 g/mol. The summed E-state index contributed by atoms with van der Waals surface area (Å²) in [6, 6.07) is 56.6. The van der Waals surface area contributed by atoms with Gasteiger partial charge in [-0.05, 0) is 103 Å². The molecule has 0 bridgehead atoms. The van der Waals surface area contributed by atoms with E-state index < -0.39 is 0 Å². The first kappa shape index (κ1) is 26.7. The quantitative estimate of drug-likeness (QED) is 0.146. The topological polar surface area (TPSA) is 35.6 Å². The van der Waals surface area contributed by atoms with Crippen molar-refractivity contribution in [1.82, 2.24) is 19.1 Å². The van der Waals surface area contributed by atoms with E-state index in [1.165, 1.54) is 54.6 Å². The molecule has 0 saturated heterocycles. The van der Waals surface area contributed by atoms with Crippen LogP contribution in [0, 0.1) is 0 Å². The van der Waals surface area contributed by atoms with Crippen molar-refractivity contribution in [3.63, 3.8) is 0 Å². The normalized spacial score (nSPS) is 11.8. The van der Waals surface area contributed by atoms with Crippen LogP contribution in [0.25, 0.3) is 88.0 Å². The van der Waals surface area contributed by atoms with E-state index in [9.17, 15) is 0 Å². The molecule has 0 aliphatic heterocycles. The van der Waals surface area contributed by atoms with Crippen LogP contribution in [0.3, 0.4) is 0 Å². The Morgan fingerprint density at radius 3 is 1.44 bits per heavy atom. The summed E-state index contributed by atoms with van der Waals surface area (Å²) < 4.78 is 4.31. The van der Waals surface area contributed by atoms with Gasteiger partial charge in [-0.2, -0.15) is 0 Å². The first-order valence-corrected chi connectivity index (χ1v) is 16.2. The highest BCUT2D eigenvalue weighted by Gasteiger charge is 2.19. The van der Waals surface area contributed by atoms with Crippen molar-refractivity contribution in [2.24, 2.45) is 0 Å². The summed E-state index contributed by atoms with van der Waals surface area (Å²) in [7, 11) is 0. The highest BCUT2D eigenvalue weighted by atomic mass is 15.1. The lowest BCUT2D eigenvalue weighted by Crippen LogP contribution is -1.95. The molecule has 0 atom stereocenters. The van der Waals surface area contributed by atoms with Crippen molar-refractivity contribution >= 4 is 54.4 Å². The second-order valence-electron chi connectivity index (χ2n) is 12.3. The minimum Gasteiger partial charge on any atom is -0.299 e. The number of rotatable bonds is 4. The molecule has 10 aromatic rings. The van der Waals surface area contributed by atoms with E-state index in [2.05, 4.69) is 165 Å². The maximum absolute atomic E-state index is 4.62. The molecule has 10 rings (SSSR count). The van der Waals surface area contributed by atoms with Gasteiger partial charge in [-0.15, -0.1) is 0 Å². The third-order valence-electron chi connectivity index (χ3n) is 9.69. The Morgan fingerprint density at radius 1 is 0.354 bits per heavy atom. The van der Waals surface area contributed by atoms with Gasteiger partial charge in [0.1, 0.15) is 12.7 Å². The molecule has 4 nitrogen and oxygen atoms in total. The molecule has 8 aromatic carbocycles. The summed E-state index contributed by atoms with van der Waals surface area (Å²) in [6.07, 6.45) is 3.82. The number of imidazole rings is 2. The maximum atomic E-state index is 4.62. The van der Waals surface area contributed by atoms with Crippen LogP contribution in [-0.2, 0) is 0 Å². The van der Waals surface area contributed by atoms with E-state index in [-0.39, 0.29) is 0 Å². The molecule has 0 fully saturated rings. The first-order valence-electron chi connectivity index (χ1n) is 16.2. The Kier molecular flexibility index (Phi) is 5.84. The molecular weight excluding hydrogens is 585 g/mol. The van der Waals surface area contributed by atoms with Crippen molar-refractivity contribution in [2.45, 2.75) is 0 Å². The Morgan fingerprint density at radius 2 is 0.833 bits per heavy atom. The highest BCUT2D eigenvalue weighted by Crippen LogP contribution is 2.46. The van der Waals surface area contributed by atoms with Crippen molar-refractivity contribution in [3.05, 3.63) is 170 Å². The van der Waals surface area contributed by atoms with Crippen LogP contribution in [0.2, 0.25) is 0 Å². The molecule has 0 aliphatic carbocycles. The van der Waals surface area contributed by atoms with Crippen molar-refractivity contribution in [3.8, 4) is 33.6 Å². The van der Waals surface area contributed by atoms with E-state index in [0.29, 0.717) is 0 Å². The molecule has 2 heterocycles. The number of fused-ring (bicyclic) bond motifs is 6. The van der Waals surface area contributed by atoms with E-state index >= 15 is 0 Å². The van der Waals surface area contributed by atoms with Crippen LogP contribution < -0.4 is 0 Å². The second-order valence-corrected chi connectivity index (χ2v) is 12.3. The summed E-state index contributed by atoms with van der Waals surface area (Å²) in [5.74, 6) is 0. The Balaban J connectivity index is 1.20. The number of aromatic nitrogens is 4. The minimum absolute atomic E-state index is 0.993. The molecule has 0 aliphatic rings. The lowest BCUT2D eigenvalue weighted by Gasteiger charge is -2.20. The van der Waals surface area contributed by atoms with Gasteiger partial charge < -0.3 is 0 Å². The van der Waals surface area contributed by atoms with Crippen molar-refractivity contribution < 1.29 is 0 Å². The maximum Gasteiger partial charge on any atom is 0.100 e. The number of nitrogens with zero attached hydrogens (tertiary/aromatic N) is 4. The number of benzene rings is 8. The summed E-state index contributed by atoms with van der Waals surface area (Å²) in [4.78, 5) is 9.24. The molecule has 0 radical (unpaired) electrons. The van der Waals surface area contributed by atoms with Crippen LogP contribution >= 0.6 is 0 Å². The molecule has 4 heteroatoms. The molecule has 0 unspecified atom stereocenters. The Labute approximate surface area is 276 Å². The average Bonchev–Trinajstić information content (AvgIpc) is 3.79.